The van der Waals surface area contributed by atoms with E-state index in [4.69, 9.17) is 16.7 Å². The molecule has 0 aliphatic heterocycles. The molecule has 4 heteroatoms. The minimum absolute atomic E-state index is 0.276. The van der Waals surface area contributed by atoms with Crippen LogP contribution in [0.25, 0.3) is 0 Å². The molecule has 0 saturated heterocycles. The van der Waals surface area contributed by atoms with E-state index < -0.39 is 6.10 Å². The minimum Gasteiger partial charge on any atom is -0.396 e. The van der Waals surface area contributed by atoms with Crippen molar-refractivity contribution in [2.75, 3.05) is 19.7 Å². The number of aliphatic hydroxyl groups is 2. The first-order chi connectivity index (χ1) is 8.75. The molecule has 0 amide bonds. The first kappa shape index (κ1) is 15.4. The molecule has 102 valence electrons. The SMILES string of the molecule is OCCCCCCNCC(O)c1ccccc1Cl. The van der Waals surface area contributed by atoms with Crippen molar-refractivity contribution < 1.29 is 10.2 Å². The number of rotatable bonds is 9. The Morgan fingerprint density at radius 3 is 2.56 bits per heavy atom. The number of hydrogen-bond donors (Lipinski definition) is 3. The maximum atomic E-state index is 9.96. The Morgan fingerprint density at radius 1 is 1.11 bits per heavy atom. The van der Waals surface area contributed by atoms with E-state index in [9.17, 15) is 5.11 Å². The third-order valence-corrected chi connectivity index (χ3v) is 3.21. The summed E-state index contributed by atoms with van der Waals surface area (Å²) >= 11 is 6.00. The number of nitrogens with one attached hydrogen (secondary N) is 1. The number of unbranched alkanes of at least 4 members (excludes halogenated alkanes) is 3. The lowest BCUT2D eigenvalue weighted by molar-refractivity contribution is 0.175. The normalized spacial score (nSPS) is 12.6. The van der Waals surface area contributed by atoms with E-state index in [1.54, 1.807) is 6.07 Å². The molecule has 0 spiro atoms. The van der Waals surface area contributed by atoms with Crippen molar-refractivity contribution in [2.45, 2.75) is 31.8 Å². The summed E-state index contributed by atoms with van der Waals surface area (Å²) in [4.78, 5) is 0. The summed E-state index contributed by atoms with van der Waals surface area (Å²) in [6.45, 7) is 1.68. The van der Waals surface area contributed by atoms with Crippen LogP contribution in [-0.2, 0) is 0 Å². The number of hydrogen-bond acceptors (Lipinski definition) is 3. The molecule has 3 nitrogen and oxygen atoms in total. The fraction of sp³-hybridized carbons (Fsp3) is 0.571. The predicted octanol–water partition coefficient (Wildman–Crippen LogP) is 2.52. The number of halogens is 1. The van der Waals surface area contributed by atoms with Gasteiger partial charge < -0.3 is 15.5 Å². The van der Waals surface area contributed by atoms with E-state index in [1.807, 2.05) is 18.2 Å². The van der Waals surface area contributed by atoms with Gasteiger partial charge in [0.2, 0.25) is 0 Å². The van der Waals surface area contributed by atoms with Gasteiger partial charge in [0.25, 0.3) is 0 Å². The Kier molecular flexibility index (Phi) is 8.01. The van der Waals surface area contributed by atoms with Gasteiger partial charge in [-0.3, -0.25) is 0 Å². The zero-order chi connectivity index (χ0) is 13.2. The molecular weight excluding hydrogens is 250 g/mol. The van der Waals surface area contributed by atoms with Crippen LogP contribution in [0.3, 0.4) is 0 Å². The van der Waals surface area contributed by atoms with Gasteiger partial charge in [-0.1, -0.05) is 42.6 Å². The predicted molar refractivity (Wildman–Crippen MR) is 74.8 cm³/mol. The van der Waals surface area contributed by atoms with Gasteiger partial charge in [0.1, 0.15) is 0 Å². The maximum Gasteiger partial charge on any atom is 0.0928 e. The molecule has 18 heavy (non-hydrogen) atoms. The van der Waals surface area contributed by atoms with Crippen molar-refractivity contribution in [3.8, 4) is 0 Å². The second kappa shape index (κ2) is 9.34. The molecule has 1 rings (SSSR count). The quantitative estimate of drug-likeness (QED) is 0.605. The fourth-order valence-electron chi connectivity index (χ4n) is 1.81. The molecule has 0 saturated carbocycles. The van der Waals surface area contributed by atoms with Crippen LogP contribution < -0.4 is 5.32 Å². The van der Waals surface area contributed by atoms with Gasteiger partial charge in [0, 0.05) is 23.7 Å². The molecule has 0 radical (unpaired) electrons. The maximum absolute atomic E-state index is 9.96. The lowest BCUT2D eigenvalue weighted by atomic mass is 10.1. The van der Waals surface area contributed by atoms with E-state index in [1.165, 1.54) is 0 Å². The topological polar surface area (TPSA) is 52.5 Å². The Labute approximate surface area is 114 Å². The van der Waals surface area contributed by atoms with Crippen molar-refractivity contribution in [1.29, 1.82) is 0 Å². The van der Waals surface area contributed by atoms with Crippen LogP contribution in [0.1, 0.15) is 37.4 Å². The van der Waals surface area contributed by atoms with E-state index in [0.29, 0.717) is 11.6 Å². The molecule has 1 unspecified atom stereocenters. The molecule has 1 aromatic rings. The van der Waals surface area contributed by atoms with Gasteiger partial charge in [-0.25, -0.2) is 0 Å². The number of benzene rings is 1. The summed E-state index contributed by atoms with van der Waals surface area (Å²) in [7, 11) is 0. The van der Waals surface area contributed by atoms with Crippen LogP contribution in [0, 0.1) is 0 Å². The molecule has 0 aromatic heterocycles. The summed E-state index contributed by atoms with van der Waals surface area (Å²) in [5.74, 6) is 0. The second-order valence-corrected chi connectivity index (χ2v) is 4.79. The van der Waals surface area contributed by atoms with Crippen LogP contribution in [0.5, 0.6) is 0 Å². The highest BCUT2D eigenvalue weighted by molar-refractivity contribution is 6.31. The molecule has 3 N–H and O–H groups in total. The third kappa shape index (κ3) is 5.83. The van der Waals surface area contributed by atoms with Gasteiger partial charge in [-0.2, -0.15) is 0 Å². The Hall–Kier alpha value is -0.610. The first-order valence-electron chi connectivity index (χ1n) is 6.49. The zero-order valence-corrected chi connectivity index (χ0v) is 11.4. The van der Waals surface area contributed by atoms with Crippen LogP contribution in [0.4, 0.5) is 0 Å². The van der Waals surface area contributed by atoms with Crippen molar-refractivity contribution in [3.05, 3.63) is 34.9 Å². The monoisotopic (exact) mass is 271 g/mol. The van der Waals surface area contributed by atoms with E-state index in [0.717, 1.165) is 37.8 Å². The van der Waals surface area contributed by atoms with Crippen LogP contribution in [0.2, 0.25) is 5.02 Å². The van der Waals surface area contributed by atoms with Crippen molar-refractivity contribution in [2.24, 2.45) is 0 Å². The molecule has 1 aromatic carbocycles. The van der Waals surface area contributed by atoms with Crippen molar-refractivity contribution >= 4 is 11.6 Å². The molecular formula is C14H22ClNO2. The second-order valence-electron chi connectivity index (χ2n) is 4.38. The van der Waals surface area contributed by atoms with E-state index in [-0.39, 0.29) is 6.61 Å². The Balaban J connectivity index is 2.14. The smallest absolute Gasteiger partial charge is 0.0928 e. The van der Waals surface area contributed by atoms with E-state index >= 15 is 0 Å². The van der Waals surface area contributed by atoms with Crippen LogP contribution in [0.15, 0.2) is 24.3 Å². The molecule has 0 fully saturated rings. The van der Waals surface area contributed by atoms with Crippen LogP contribution in [-0.4, -0.2) is 29.9 Å². The molecule has 0 bridgehead atoms. The Morgan fingerprint density at radius 2 is 1.83 bits per heavy atom. The molecule has 1 atom stereocenters. The highest BCUT2D eigenvalue weighted by Crippen LogP contribution is 2.21. The largest absolute Gasteiger partial charge is 0.396 e. The van der Waals surface area contributed by atoms with Crippen LogP contribution >= 0.6 is 11.6 Å². The Bertz CT molecular complexity index is 333. The standard InChI is InChI=1S/C14H22ClNO2/c15-13-8-4-3-7-12(13)14(18)11-16-9-5-1-2-6-10-17/h3-4,7-8,14,16-18H,1-2,5-6,9-11H2. The summed E-state index contributed by atoms with van der Waals surface area (Å²) in [6.07, 6.45) is 3.55. The summed E-state index contributed by atoms with van der Waals surface area (Å²) in [5.41, 5.74) is 0.770. The summed E-state index contributed by atoms with van der Waals surface area (Å²) < 4.78 is 0. The molecule has 0 heterocycles. The van der Waals surface area contributed by atoms with E-state index in [2.05, 4.69) is 5.32 Å². The lowest BCUT2D eigenvalue weighted by Crippen LogP contribution is -2.22. The van der Waals surface area contributed by atoms with Gasteiger partial charge in [-0.05, 0) is 25.5 Å². The average molecular weight is 272 g/mol. The first-order valence-corrected chi connectivity index (χ1v) is 6.87. The van der Waals surface area contributed by atoms with Crippen molar-refractivity contribution in [3.63, 3.8) is 0 Å². The zero-order valence-electron chi connectivity index (χ0n) is 10.6. The summed E-state index contributed by atoms with van der Waals surface area (Å²) in [5, 5.41) is 22.4. The average Bonchev–Trinajstić information content (AvgIpc) is 2.38. The number of aliphatic hydroxyl groups excluding tert-OH is 2. The summed E-state index contributed by atoms with van der Waals surface area (Å²) in [6, 6.07) is 7.36. The fourth-order valence-corrected chi connectivity index (χ4v) is 2.07. The lowest BCUT2D eigenvalue weighted by Gasteiger charge is -2.13. The van der Waals surface area contributed by atoms with Gasteiger partial charge >= 0.3 is 0 Å². The molecule has 0 aliphatic rings. The highest BCUT2D eigenvalue weighted by Gasteiger charge is 2.09. The van der Waals surface area contributed by atoms with Crippen molar-refractivity contribution in [1.82, 2.24) is 5.32 Å². The van der Waals surface area contributed by atoms with Gasteiger partial charge in [0.15, 0.2) is 0 Å². The third-order valence-electron chi connectivity index (χ3n) is 2.86. The minimum atomic E-state index is -0.559. The van der Waals surface area contributed by atoms with Gasteiger partial charge in [0.05, 0.1) is 6.10 Å². The molecule has 0 aliphatic carbocycles. The highest BCUT2D eigenvalue weighted by atomic mass is 35.5. The van der Waals surface area contributed by atoms with Gasteiger partial charge in [-0.15, -0.1) is 0 Å².